The Hall–Kier alpha value is -1.94. The van der Waals surface area contributed by atoms with Crippen LogP contribution in [0.1, 0.15) is 433 Å². The lowest BCUT2D eigenvalue weighted by molar-refractivity contribution is -0.161. The van der Waals surface area contributed by atoms with Gasteiger partial charge in [-0.05, 0) is 37.5 Å². The molecule has 0 saturated carbocycles. The lowest BCUT2D eigenvalue weighted by Gasteiger charge is -2.21. The van der Waals surface area contributed by atoms with Gasteiger partial charge in [-0.1, -0.05) is 382 Å². The fraction of sp³-hybridized carbons (Fsp3) is 0.951. The molecule has 0 aliphatic carbocycles. The molecule has 600 valence electrons. The van der Waals surface area contributed by atoms with Crippen molar-refractivity contribution in [1.82, 2.24) is 0 Å². The van der Waals surface area contributed by atoms with Gasteiger partial charge in [-0.2, -0.15) is 0 Å². The number of ether oxygens (including phenoxy) is 4. The molecule has 0 fully saturated rings. The first kappa shape index (κ1) is 99.1. The maximum absolute atomic E-state index is 13.1. The van der Waals surface area contributed by atoms with E-state index in [1.165, 1.54) is 250 Å². The number of aliphatic hydroxyl groups excluding tert-OH is 1. The van der Waals surface area contributed by atoms with Crippen LogP contribution in [0.15, 0.2) is 0 Å². The van der Waals surface area contributed by atoms with Crippen molar-refractivity contribution in [1.29, 1.82) is 0 Å². The van der Waals surface area contributed by atoms with Crippen molar-refractivity contribution in [2.75, 3.05) is 39.6 Å². The maximum Gasteiger partial charge on any atom is 0.472 e. The summed E-state index contributed by atoms with van der Waals surface area (Å²) in [6.07, 6.45) is 63.7. The summed E-state index contributed by atoms with van der Waals surface area (Å²) in [6.45, 7) is 9.67. The van der Waals surface area contributed by atoms with Crippen LogP contribution in [0.5, 0.6) is 0 Å². The smallest absolute Gasteiger partial charge is 0.462 e. The zero-order valence-corrected chi connectivity index (χ0v) is 68.0. The minimum absolute atomic E-state index is 0.106. The summed E-state index contributed by atoms with van der Waals surface area (Å²) in [6, 6.07) is 0. The van der Waals surface area contributed by atoms with Crippen molar-refractivity contribution in [3.63, 3.8) is 0 Å². The van der Waals surface area contributed by atoms with Crippen LogP contribution >= 0.6 is 15.6 Å². The highest BCUT2D eigenvalue weighted by molar-refractivity contribution is 7.47. The van der Waals surface area contributed by atoms with E-state index in [1.807, 2.05) is 0 Å². The van der Waals surface area contributed by atoms with E-state index in [4.69, 9.17) is 37.0 Å². The van der Waals surface area contributed by atoms with Crippen molar-refractivity contribution in [3.05, 3.63) is 0 Å². The Morgan fingerprint density at radius 1 is 0.277 bits per heavy atom. The first-order valence-electron chi connectivity index (χ1n) is 42.6. The Morgan fingerprint density at radius 2 is 0.475 bits per heavy atom. The van der Waals surface area contributed by atoms with Crippen LogP contribution in [0, 0.1) is 11.8 Å². The monoisotopic (exact) mass is 1480 g/mol. The first-order valence-corrected chi connectivity index (χ1v) is 45.6. The van der Waals surface area contributed by atoms with Gasteiger partial charge in [0.2, 0.25) is 0 Å². The second kappa shape index (κ2) is 73.6. The number of phosphoric ester groups is 2. The molecule has 0 aliphatic heterocycles. The quantitative estimate of drug-likeness (QED) is 0.0222. The second-order valence-corrected chi connectivity index (χ2v) is 32.9. The van der Waals surface area contributed by atoms with Gasteiger partial charge in [-0.15, -0.1) is 0 Å². The van der Waals surface area contributed by atoms with Gasteiger partial charge in [0.15, 0.2) is 12.2 Å². The molecule has 101 heavy (non-hydrogen) atoms. The van der Waals surface area contributed by atoms with Gasteiger partial charge >= 0.3 is 39.5 Å². The molecule has 0 aromatic rings. The SMILES string of the molecule is CCCCCCCCCCCCCCCCCCCCCCC(=O)O[C@H](COC(=O)CCCCCCCCCCCCCCCCC)COP(=O)(O)OC[C@@H](O)COP(=O)(O)OC[C@@H](COC(=O)CCCCCCCCCCC(C)CC)OC(=O)CCCCCCCCCCCCC(C)CC. The minimum Gasteiger partial charge on any atom is -0.462 e. The zero-order valence-electron chi connectivity index (χ0n) is 66.2. The predicted molar refractivity (Wildman–Crippen MR) is 414 cm³/mol. The van der Waals surface area contributed by atoms with Crippen LogP contribution in [0.3, 0.4) is 0 Å². The molecular weight excluding hydrogens is 1320 g/mol. The number of rotatable bonds is 81. The summed E-state index contributed by atoms with van der Waals surface area (Å²) in [5, 5.41) is 10.7. The van der Waals surface area contributed by atoms with Gasteiger partial charge in [-0.25, -0.2) is 9.13 Å². The Morgan fingerprint density at radius 3 is 0.703 bits per heavy atom. The zero-order chi connectivity index (χ0) is 74.2. The van der Waals surface area contributed by atoms with Gasteiger partial charge < -0.3 is 33.8 Å². The van der Waals surface area contributed by atoms with Crippen LogP contribution in [-0.4, -0.2) is 96.7 Å². The number of aliphatic hydroxyl groups is 1. The molecule has 0 aromatic heterocycles. The van der Waals surface area contributed by atoms with Gasteiger partial charge in [0.25, 0.3) is 0 Å². The maximum atomic E-state index is 13.1. The molecule has 0 bridgehead atoms. The van der Waals surface area contributed by atoms with E-state index < -0.39 is 97.5 Å². The molecule has 19 heteroatoms. The highest BCUT2D eigenvalue weighted by atomic mass is 31.2. The summed E-state index contributed by atoms with van der Waals surface area (Å²) >= 11 is 0. The Kier molecular flexibility index (Phi) is 72.2. The van der Waals surface area contributed by atoms with Gasteiger partial charge in [0.1, 0.15) is 19.3 Å². The van der Waals surface area contributed by atoms with Crippen molar-refractivity contribution in [3.8, 4) is 0 Å². The molecule has 4 unspecified atom stereocenters. The molecule has 17 nitrogen and oxygen atoms in total. The number of hydrogen-bond donors (Lipinski definition) is 3. The van der Waals surface area contributed by atoms with Crippen LogP contribution in [-0.2, 0) is 65.4 Å². The van der Waals surface area contributed by atoms with Crippen LogP contribution in [0.4, 0.5) is 0 Å². The molecule has 0 spiro atoms. The predicted octanol–water partition coefficient (Wildman–Crippen LogP) is 24.7. The third-order valence-electron chi connectivity index (χ3n) is 19.9. The van der Waals surface area contributed by atoms with E-state index in [0.717, 1.165) is 102 Å². The molecule has 0 saturated heterocycles. The second-order valence-electron chi connectivity index (χ2n) is 30.0. The molecular formula is C82H160O17P2. The number of unbranched alkanes of at least 4 members (excludes halogenated alkanes) is 49. The van der Waals surface area contributed by atoms with Crippen molar-refractivity contribution >= 4 is 39.5 Å². The standard InChI is InChI=1S/C82H160O17P2/c1-7-11-13-15-17-19-21-23-25-26-27-28-29-31-33-35-40-48-54-60-66-81(86)98-77(70-92-79(84)64-58-52-46-39-34-32-30-24-22-20-18-16-14-12-8-2)72-96-100(88,89)94-68-76(83)69-95-101(90,91)97-73-78(71-93-80(85)65-59-53-47-43-42-45-51-57-63-75(6)10-4)99-82(87)67-61-55-49-41-37-36-38-44-50-56-62-74(5)9-3/h74-78,83H,7-73H2,1-6H3,(H,88,89)(H,90,91)/t74?,75?,76-,77-,78-/m1/s1. The van der Waals surface area contributed by atoms with Gasteiger partial charge in [0.05, 0.1) is 26.4 Å². The summed E-state index contributed by atoms with van der Waals surface area (Å²) in [5.74, 6) is -0.527. The number of carbonyl (C=O) groups excluding carboxylic acids is 4. The largest absolute Gasteiger partial charge is 0.472 e. The summed E-state index contributed by atoms with van der Waals surface area (Å²) in [7, 11) is -9.92. The third kappa shape index (κ3) is 73.4. The molecule has 7 atom stereocenters. The average molecular weight is 1480 g/mol. The molecule has 0 heterocycles. The number of phosphoric acid groups is 2. The Balaban J connectivity index is 5.26. The van der Waals surface area contributed by atoms with E-state index in [9.17, 15) is 43.2 Å². The number of hydrogen-bond acceptors (Lipinski definition) is 15. The van der Waals surface area contributed by atoms with Crippen molar-refractivity contribution in [2.45, 2.75) is 452 Å². The molecule has 0 radical (unpaired) electrons. The Bertz CT molecular complexity index is 1950. The van der Waals surface area contributed by atoms with Crippen molar-refractivity contribution < 1.29 is 80.2 Å². The van der Waals surface area contributed by atoms with E-state index in [2.05, 4.69) is 41.5 Å². The first-order chi connectivity index (χ1) is 48.9. The minimum atomic E-state index is -4.96. The summed E-state index contributed by atoms with van der Waals surface area (Å²) in [4.78, 5) is 73.1. The number of carbonyl (C=O) groups is 4. The lowest BCUT2D eigenvalue weighted by atomic mass is 9.99. The highest BCUT2D eigenvalue weighted by Gasteiger charge is 2.30. The average Bonchev–Trinajstić information content (AvgIpc) is 0.937. The molecule has 0 aromatic carbocycles. The Labute approximate surface area is 619 Å². The van der Waals surface area contributed by atoms with E-state index in [0.29, 0.717) is 25.7 Å². The molecule has 0 aliphatic rings. The van der Waals surface area contributed by atoms with Crippen LogP contribution in [0.25, 0.3) is 0 Å². The molecule has 3 N–H and O–H groups in total. The van der Waals surface area contributed by atoms with E-state index in [-0.39, 0.29) is 25.7 Å². The third-order valence-corrected chi connectivity index (χ3v) is 21.8. The van der Waals surface area contributed by atoms with Crippen molar-refractivity contribution in [2.24, 2.45) is 11.8 Å². The van der Waals surface area contributed by atoms with E-state index in [1.54, 1.807) is 0 Å². The molecule has 0 amide bonds. The van der Waals surface area contributed by atoms with Gasteiger partial charge in [0, 0.05) is 25.7 Å². The van der Waals surface area contributed by atoms with Crippen LogP contribution in [0.2, 0.25) is 0 Å². The van der Waals surface area contributed by atoms with E-state index >= 15 is 0 Å². The molecule has 0 rings (SSSR count). The van der Waals surface area contributed by atoms with Gasteiger partial charge in [-0.3, -0.25) is 37.3 Å². The number of esters is 4. The van der Waals surface area contributed by atoms with Crippen LogP contribution < -0.4 is 0 Å². The topological polar surface area (TPSA) is 237 Å². The summed E-state index contributed by atoms with van der Waals surface area (Å²) < 4.78 is 68.8. The lowest BCUT2D eigenvalue weighted by Crippen LogP contribution is -2.30. The fourth-order valence-electron chi connectivity index (χ4n) is 12.6. The normalized spacial score (nSPS) is 14.4. The fourth-order valence-corrected chi connectivity index (χ4v) is 14.2. The summed E-state index contributed by atoms with van der Waals surface area (Å²) in [5.41, 5.74) is 0. The highest BCUT2D eigenvalue weighted by Crippen LogP contribution is 2.45.